The van der Waals surface area contributed by atoms with Gasteiger partial charge in [-0.3, -0.25) is 10.1 Å². The van der Waals surface area contributed by atoms with Crippen molar-refractivity contribution in [3.05, 3.63) is 38.9 Å². The van der Waals surface area contributed by atoms with Crippen LogP contribution in [0.15, 0.2) is 18.2 Å². The standard InChI is InChI=1S/C15H21ClN2O2/c1-10-3-6-15(11(2)7-10)17-9-12-4-5-13(18(19)20)8-14(12)16/h4-5,8,10-11,15,17H,3,6-7,9H2,1-2H3. The van der Waals surface area contributed by atoms with E-state index in [4.69, 9.17) is 11.6 Å². The highest BCUT2D eigenvalue weighted by Crippen LogP contribution is 2.29. The van der Waals surface area contributed by atoms with Gasteiger partial charge in [0.05, 0.1) is 9.95 Å². The first-order valence-electron chi connectivity index (χ1n) is 7.13. The van der Waals surface area contributed by atoms with Crippen molar-refractivity contribution in [3.63, 3.8) is 0 Å². The average molecular weight is 297 g/mol. The molecule has 20 heavy (non-hydrogen) atoms. The predicted octanol–water partition coefficient (Wildman–Crippen LogP) is 4.16. The van der Waals surface area contributed by atoms with Crippen molar-refractivity contribution < 1.29 is 4.92 Å². The van der Waals surface area contributed by atoms with E-state index in [0.717, 1.165) is 11.5 Å². The Morgan fingerprint density at radius 3 is 2.75 bits per heavy atom. The minimum absolute atomic E-state index is 0.0404. The average Bonchev–Trinajstić information content (AvgIpc) is 2.38. The molecular weight excluding hydrogens is 276 g/mol. The molecule has 1 aromatic carbocycles. The molecule has 0 aliphatic heterocycles. The fourth-order valence-electron chi connectivity index (χ4n) is 3.00. The number of benzene rings is 1. The first-order valence-corrected chi connectivity index (χ1v) is 7.51. The Hall–Kier alpha value is -1.13. The highest BCUT2D eigenvalue weighted by atomic mass is 35.5. The van der Waals surface area contributed by atoms with Crippen LogP contribution in [0.5, 0.6) is 0 Å². The molecule has 0 amide bonds. The second-order valence-electron chi connectivity index (χ2n) is 5.92. The van der Waals surface area contributed by atoms with Gasteiger partial charge in [-0.05, 0) is 42.7 Å². The third-order valence-electron chi connectivity index (χ3n) is 4.23. The van der Waals surface area contributed by atoms with Crippen molar-refractivity contribution in [1.29, 1.82) is 0 Å². The summed E-state index contributed by atoms with van der Waals surface area (Å²) in [6.45, 7) is 5.25. The van der Waals surface area contributed by atoms with Gasteiger partial charge in [0.1, 0.15) is 0 Å². The van der Waals surface area contributed by atoms with E-state index in [9.17, 15) is 10.1 Å². The van der Waals surface area contributed by atoms with Crippen molar-refractivity contribution in [2.24, 2.45) is 11.8 Å². The third kappa shape index (κ3) is 3.70. The summed E-state index contributed by atoms with van der Waals surface area (Å²) in [5, 5.41) is 14.7. The van der Waals surface area contributed by atoms with Gasteiger partial charge in [-0.1, -0.05) is 25.4 Å². The van der Waals surface area contributed by atoms with Gasteiger partial charge < -0.3 is 5.32 Å². The number of rotatable bonds is 4. The summed E-state index contributed by atoms with van der Waals surface area (Å²) in [5.74, 6) is 1.47. The van der Waals surface area contributed by atoms with Crippen LogP contribution in [0.1, 0.15) is 38.7 Å². The Morgan fingerprint density at radius 1 is 1.40 bits per heavy atom. The Bertz CT molecular complexity index is 493. The second-order valence-corrected chi connectivity index (χ2v) is 6.32. The Morgan fingerprint density at radius 2 is 2.15 bits per heavy atom. The molecule has 0 spiro atoms. The van der Waals surface area contributed by atoms with E-state index >= 15 is 0 Å². The number of hydrogen-bond donors (Lipinski definition) is 1. The van der Waals surface area contributed by atoms with Crippen LogP contribution < -0.4 is 5.32 Å². The van der Waals surface area contributed by atoms with E-state index in [1.807, 2.05) is 0 Å². The molecule has 110 valence electrons. The van der Waals surface area contributed by atoms with Crippen LogP contribution in [0, 0.1) is 22.0 Å². The van der Waals surface area contributed by atoms with E-state index in [1.165, 1.54) is 31.4 Å². The summed E-state index contributed by atoms with van der Waals surface area (Å²) in [6, 6.07) is 5.18. The smallest absolute Gasteiger partial charge is 0.270 e. The van der Waals surface area contributed by atoms with E-state index in [2.05, 4.69) is 19.2 Å². The zero-order valence-corrected chi connectivity index (χ0v) is 12.7. The Kier molecular flexibility index (Phi) is 5.00. The zero-order valence-electron chi connectivity index (χ0n) is 11.9. The molecular formula is C15H21ClN2O2. The first-order chi connectivity index (χ1) is 9.47. The van der Waals surface area contributed by atoms with Crippen molar-refractivity contribution in [3.8, 4) is 0 Å². The molecule has 1 aromatic rings. The number of halogens is 1. The minimum atomic E-state index is -0.423. The molecule has 5 heteroatoms. The summed E-state index contributed by atoms with van der Waals surface area (Å²) in [4.78, 5) is 10.3. The number of nitrogens with zero attached hydrogens (tertiary/aromatic N) is 1. The summed E-state index contributed by atoms with van der Waals surface area (Å²) < 4.78 is 0. The first kappa shape index (κ1) is 15.3. The van der Waals surface area contributed by atoms with Gasteiger partial charge in [0.25, 0.3) is 5.69 Å². The van der Waals surface area contributed by atoms with Crippen LogP contribution in [0.4, 0.5) is 5.69 Å². The maximum atomic E-state index is 10.7. The van der Waals surface area contributed by atoms with Crippen LogP contribution in [0.25, 0.3) is 0 Å². The fraction of sp³-hybridized carbons (Fsp3) is 0.600. The second kappa shape index (κ2) is 6.55. The molecule has 1 aliphatic carbocycles. The van der Waals surface area contributed by atoms with Gasteiger partial charge >= 0.3 is 0 Å². The molecule has 0 saturated heterocycles. The van der Waals surface area contributed by atoms with Crippen molar-refractivity contribution in [1.82, 2.24) is 5.32 Å². The van der Waals surface area contributed by atoms with Crippen molar-refractivity contribution in [2.75, 3.05) is 0 Å². The van der Waals surface area contributed by atoms with Gasteiger partial charge in [-0.15, -0.1) is 0 Å². The summed E-state index contributed by atoms with van der Waals surface area (Å²) in [5.41, 5.74) is 0.960. The lowest BCUT2D eigenvalue weighted by atomic mass is 9.80. The number of nitrogens with one attached hydrogen (secondary N) is 1. The summed E-state index contributed by atoms with van der Waals surface area (Å²) >= 11 is 6.11. The van der Waals surface area contributed by atoms with E-state index in [1.54, 1.807) is 6.07 Å². The lowest BCUT2D eigenvalue weighted by Crippen LogP contribution is -2.38. The molecule has 1 fully saturated rings. The SMILES string of the molecule is CC1CCC(NCc2ccc([N+](=O)[O-])cc2Cl)C(C)C1. The zero-order chi connectivity index (χ0) is 14.7. The van der Waals surface area contributed by atoms with E-state index < -0.39 is 4.92 Å². The molecule has 0 bridgehead atoms. The summed E-state index contributed by atoms with van der Waals surface area (Å²) in [6.07, 6.45) is 3.70. The van der Waals surface area contributed by atoms with Gasteiger partial charge in [-0.25, -0.2) is 0 Å². The highest BCUT2D eigenvalue weighted by molar-refractivity contribution is 6.31. The monoisotopic (exact) mass is 296 g/mol. The number of nitro benzene ring substituents is 1. The van der Waals surface area contributed by atoms with Crippen molar-refractivity contribution in [2.45, 2.75) is 45.7 Å². The maximum Gasteiger partial charge on any atom is 0.270 e. The van der Waals surface area contributed by atoms with Crippen LogP contribution in [-0.4, -0.2) is 11.0 Å². The van der Waals surface area contributed by atoms with Gasteiger partial charge in [0.15, 0.2) is 0 Å². The summed E-state index contributed by atoms with van der Waals surface area (Å²) in [7, 11) is 0. The molecule has 0 radical (unpaired) electrons. The highest BCUT2D eigenvalue weighted by Gasteiger charge is 2.24. The quantitative estimate of drug-likeness (QED) is 0.670. The largest absolute Gasteiger partial charge is 0.310 e. The molecule has 0 aromatic heterocycles. The fourth-order valence-corrected chi connectivity index (χ4v) is 3.24. The van der Waals surface area contributed by atoms with Crippen LogP contribution in [0.3, 0.4) is 0 Å². The molecule has 2 rings (SSSR count). The maximum absolute atomic E-state index is 10.7. The van der Waals surface area contributed by atoms with Gasteiger partial charge in [-0.2, -0.15) is 0 Å². The normalized spacial score (nSPS) is 26.4. The van der Waals surface area contributed by atoms with Crippen LogP contribution in [0.2, 0.25) is 5.02 Å². The third-order valence-corrected chi connectivity index (χ3v) is 4.59. The lowest BCUT2D eigenvalue weighted by molar-refractivity contribution is -0.384. The number of hydrogen-bond acceptors (Lipinski definition) is 3. The van der Waals surface area contributed by atoms with Gasteiger partial charge in [0.2, 0.25) is 0 Å². The lowest BCUT2D eigenvalue weighted by Gasteiger charge is -2.33. The molecule has 1 N–H and O–H groups in total. The van der Waals surface area contributed by atoms with Crippen molar-refractivity contribution >= 4 is 17.3 Å². The molecule has 3 atom stereocenters. The minimum Gasteiger partial charge on any atom is -0.310 e. The Balaban J connectivity index is 1.95. The van der Waals surface area contributed by atoms with Crippen LogP contribution in [-0.2, 0) is 6.54 Å². The predicted molar refractivity (Wildman–Crippen MR) is 80.9 cm³/mol. The molecule has 1 aliphatic rings. The number of nitro groups is 1. The van der Waals surface area contributed by atoms with E-state index in [-0.39, 0.29) is 5.69 Å². The topological polar surface area (TPSA) is 55.2 Å². The van der Waals surface area contributed by atoms with Crippen LogP contribution >= 0.6 is 11.6 Å². The molecule has 1 saturated carbocycles. The Labute approximate surface area is 124 Å². The molecule has 3 unspecified atom stereocenters. The molecule has 0 heterocycles. The van der Waals surface area contributed by atoms with Gasteiger partial charge in [0, 0.05) is 24.7 Å². The molecule has 4 nitrogen and oxygen atoms in total. The number of non-ortho nitro benzene ring substituents is 1. The van der Waals surface area contributed by atoms with E-state index in [0.29, 0.717) is 23.5 Å².